The highest BCUT2D eigenvalue weighted by molar-refractivity contribution is 5.72. The summed E-state index contributed by atoms with van der Waals surface area (Å²) in [6.45, 7) is 5.22. The molecule has 0 radical (unpaired) electrons. The van der Waals surface area contributed by atoms with E-state index in [9.17, 15) is 9.59 Å². The monoisotopic (exact) mass is 293 g/mol. The molecular formula is C14H23N5O2. The van der Waals surface area contributed by atoms with Gasteiger partial charge in [-0.05, 0) is 12.3 Å². The number of nitrogens with zero attached hydrogens (tertiary/aromatic N) is 3. The topological polar surface area (TPSA) is 84.7 Å². The first kappa shape index (κ1) is 15.3. The summed E-state index contributed by atoms with van der Waals surface area (Å²) in [4.78, 5) is 31.1. The number of aryl methyl sites for hydroxylation is 1. The van der Waals surface area contributed by atoms with Crippen LogP contribution >= 0.6 is 0 Å². The fraction of sp³-hybridized carbons (Fsp3) is 0.643. The summed E-state index contributed by atoms with van der Waals surface area (Å²) in [6, 6.07) is 0. The smallest absolute Gasteiger partial charge is 0.332 e. The van der Waals surface area contributed by atoms with Crippen LogP contribution in [0.3, 0.4) is 0 Å². The van der Waals surface area contributed by atoms with E-state index in [-0.39, 0.29) is 11.2 Å². The van der Waals surface area contributed by atoms with E-state index in [2.05, 4.69) is 29.1 Å². The van der Waals surface area contributed by atoms with Crippen LogP contribution in [0.5, 0.6) is 0 Å². The third-order valence-corrected chi connectivity index (χ3v) is 3.60. The Morgan fingerprint density at radius 2 is 1.90 bits per heavy atom. The average Bonchev–Trinajstić information content (AvgIpc) is 2.86. The summed E-state index contributed by atoms with van der Waals surface area (Å²) >= 11 is 0. The highest BCUT2D eigenvalue weighted by Gasteiger charge is 2.12. The van der Waals surface area contributed by atoms with Crippen molar-refractivity contribution >= 4 is 17.1 Å². The zero-order valence-corrected chi connectivity index (χ0v) is 13.1. The molecule has 2 N–H and O–H groups in total. The van der Waals surface area contributed by atoms with Crippen molar-refractivity contribution in [3.05, 3.63) is 20.8 Å². The molecule has 0 bridgehead atoms. The summed E-state index contributed by atoms with van der Waals surface area (Å²) in [5.74, 6) is 1.25. The van der Waals surface area contributed by atoms with Gasteiger partial charge in [-0.25, -0.2) is 4.79 Å². The second-order valence-electron chi connectivity index (χ2n) is 5.81. The van der Waals surface area contributed by atoms with E-state index in [1.807, 2.05) is 0 Å². The summed E-state index contributed by atoms with van der Waals surface area (Å²) in [6.07, 6.45) is 3.41. The summed E-state index contributed by atoms with van der Waals surface area (Å²) in [7, 11) is 3.07. The van der Waals surface area contributed by atoms with Crippen molar-refractivity contribution in [2.45, 2.75) is 33.1 Å². The first-order valence-corrected chi connectivity index (χ1v) is 7.31. The lowest BCUT2D eigenvalue weighted by atomic mass is 10.1. The minimum atomic E-state index is -0.373. The maximum atomic E-state index is 12.0. The molecule has 0 aliphatic carbocycles. The number of H-pyrrole nitrogens is 1. The van der Waals surface area contributed by atoms with E-state index in [1.54, 1.807) is 7.05 Å². The zero-order chi connectivity index (χ0) is 15.6. The third kappa shape index (κ3) is 3.17. The van der Waals surface area contributed by atoms with E-state index in [0.29, 0.717) is 23.0 Å². The van der Waals surface area contributed by atoms with E-state index in [4.69, 9.17) is 0 Å². The Morgan fingerprint density at radius 3 is 2.57 bits per heavy atom. The van der Waals surface area contributed by atoms with Crippen molar-refractivity contribution in [2.75, 3.05) is 11.9 Å². The number of nitrogens with one attached hydrogen (secondary N) is 2. The van der Waals surface area contributed by atoms with Gasteiger partial charge in [-0.1, -0.05) is 26.7 Å². The van der Waals surface area contributed by atoms with Gasteiger partial charge in [0, 0.05) is 20.6 Å². The second kappa shape index (κ2) is 6.15. The molecule has 0 saturated carbocycles. The molecule has 2 aromatic heterocycles. The van der Waals surface area contributed by atoms with Crippen molar-refractivity contribution in [1.29, 1.82) is 0 Å². The van der Waals surface area contributed by atoms with E-state index in [0.717, 1.165) is 24.0 Å². The number of rotatable bonds is 6. The van der Waals surface area contributed by atoms with E-state index < -0.39 is 0 Å². The number of hydrogen-bond donors (Lipinski definition) is 2. The predicted octanol–water partition coefficient (Wildman–Crippen LogP) is 1.20. The molecule has 7 nitrogen and oxygen atoms in total. The lowest BCUT2D eigenvalue weighted by Gasteiger charge is -2.04. The molecule has 0 atom stereocenters. The molecule has 0 unspecified atom stereocenters. The maximum Gasteiger partial charge on any atom is 0.332 e. The molecule has 0 spiro atoms. The van der Waals surface area contributed by atoms with Crippen LogP contribution in [-0.4, -0.2) is 25.6 Å². The first-order chi connectivity index (χ1) is 9.91. The predicted molar refractivity (Wildman–Crippen MR) is 83.8 cm³/mol. The quantitative estimate of drug-likeness (QED) is 0.784. The summed E-state index contributed by atoms with van der Waals surface area (Å²) < 4.78 is 2.45. The Bertz CT molecular complexity index is 738. The third-order valence-electron chi connectivity index (χ3n) is 3.60. The molecule has 2 aromatic rings. The number of fused-ring (bicyclic) bond motifs is 1. The van der Waals surface area contributed by atoms with Crippen LogP contribution in [0, 0.1) is 5.92 Å². The lowest BCUT2D eigenvalue weighted by molar-refractivity contribution is 0.544. The molecule has 0 saturated heterocycles. The van der Waals surface area contributed by atoms with Gasteiger partial charge in [-0.15, -0.1) is 0 Å². The SMILES string of the molecule is CC(C)CCCCNc1nc2c([nH]1)c(=O)n(C)c(=O)n2C. The fourth-order valence-corrected chi connectivity index (χ4v) is 2.29. The maximum absolute atomic E-state index is 12.0. The normalized spacial score (nSPS) is 11.5. The summed E-state index contributed by atoms with van der Waals surface area (Å²) in [5, 5.41) is 3.17. The minimum Gasteiger partial charge on any atom is -0.356 e. The average molecular weight is 293 g/mol. The molecule has 0 aliphatic heterocycles. The minimum absolute atomic E-state index is 0.351. The van der Waals surface area contributed by atoms with Crippen molar-refractivity contribution in [1.82, 2.24) is 19.1 Å². The van der Waals surface area contributed by atoms with Gasteiger partial charge in [0.15, 0.2) is 11.2 Å². The number of unbranched alkanes of at least 4 members (excludes halogenated alkanes) is 1. The Labute approximate surface area is 123 Å². The van der Waals surface area contributed by atoms with Crippen LogP contribution in [0.25, 0.3) is 11.2 Å². The van der Waals surface area contributed by atoms with Gasteiger partial charge >= 0.3 is 5.69 Å². The first-order valence-electron chi connectivity index (χ1n) is 7.31. The number of anilines is 1. The van der Waals surface area contributed by atoms with Gasteiger partial charge in [-0.2, -0.15) is 4.98 Å². The standard InChI is InChI=1S/C14H23N5O2/c1-9(2)7-5-6-8-15-13-16-10-11(17-13)18(3)14(21)19(4)12(10)20/h9H,5-8H2,1-4H3,(H2,15,16,17). The number of hydrogen-bond acceptors (Lipinski definition) is 4. The van der Waals surface area contributed by atoms with Crippen LogP contribution in [0.1, 0.15) is 33.1 Å². The molecule has 7 heteroatoms. The summed E-state index contributed by atoms with van der Waals surface area (Å²) in [5.41, 5.74) is 0.00741. The zero-order valence-electron chi connectivity index (χ0n) is 13.1. The Kier molecular flexibility index (Phi) is 4.50. The van der Waals surface area contributed by atoms with Crippen LogP contribution in [-0.2, 0) is 14.1 Å². The van der Waals surface area contributed by atoms with Crippen molar-refractivity contribution < 1.29 is 0 Å². The van der Waals surface area contributed by atoms with Crippen molar-refractivity contribution in [2.24, 2.45) is 20.0 Å². The molecule has 21 heavy (non-hydrogen) atoms. The Morgan fingerprint density at radius 1 is 1.19 bits per heavy atom. The lowest BCUT2D eigenvalue weighted by Crippen LogP contribution is -2.36. The van der Waals surface area contributed by atoms with Gasteiger partial charge < -0.3 is 10.3 Å². The molecular weight excluding hydrogens is 270 g/mol. The largest absolute Gasteiger partial charge is 0.356 e. The molecule has 116 valence electrons. The molecule has 0 fully saturated rings. The number of aromatic amines is 1. The number of aromatic nitrogens is 4. The van der Waals surface area contributed by atoms with Gasteiger partial charge in [0.2, 0.25) is 5.95 Å². The van der Waals surface area contributed by atoms with Crippen LogP contribution in [0.4, 0.5) is 5.95 Å². The number of imidazole rings is 1. The van der Waals surface area contributed by atoms with Crippen molar-refractivity contribution in [3.63, 3.8) is 0 Å². The van der Waals surface area contributed by atoms with Crippen LogP contribution in [0.15, 0.2) is 9.59 Å². The molecule has 0 amide bonds. The van der Waals surface area contributed by atoms with Gasteiger partial charge in [0.05, 0.1) is 0 Å². The van der Waals surface area contributed by atoms with E-state index in [1.165, 1.54) is 18.0 Å². The fourth-order valence-electron chi connectivity index (χ4n) is 2.29. The highest BCUT2D eigenvalue weighted by atomic mass is 16.2. The van der Waals surface area contributed by atoms with Crippen LogP contribution in [0.2, 0.25) is 0 Å². The molecule has 0 aliphatic rings. The van der Waals surface area contributed by atoms with Gasteiger partial charge in [0.25, 0.3) is 5.56 Å². The molecule has 2 rings (SSSR count). The van der Waals surface area contributed by atoms with E-state index >= 15 is 0 Å². The second-order valence-corrected chi connectivity index (χ2v) is 5.81. The molecule has 2 heterocycles. The van der Waals surface area contributed by atoms with Gasteiger partial charge in [0.1, 0.15) is 0 Å². The highest BCUT2D eigenvalue weighted by Crippen LogP contribution is 2.10. The molecule has 0 aromatic carbocycles. The van der Waals surface area contributed by atoms with Crippen molar-refractivity contribution in [3.8, 4) is 0 Å². The Balaban J connectivity index is 2.13. The van der Waals surface area contributed by atoms with Crippen LogP contribution < -0.4 is 16.6 Å². The van der Waals surface area contributed by atoms with Gasteiger partial charge in [-0.3, -0.25) is 13.9 Å². The Hall–Kier alpha value is -2.05.